The number of anilines is 1. The van der Waals surface area contributed by atoms with E-state index in [1.807, 2.05) is 0 Å². The zero-order chi connectivity index (χ0) is 25.8. The molecule has 1 aliphatic carbocycles. The Kier molecular flexibility index (Phi) is 5.59. The molecule has 1 fully saturated rings. The second kappa shape index (κ2) is 8.52. The van der Waals surface area contributed by atoms with Crippen LogP contribution in [0.3, 0.4) is 0 Å². The third-order valence-corrected chi connectivity index (χ3v) is 6.31. The fourth-order valence-electron chi connectivity index (χ4n) is 4.65. The number of rotatable bonds is 6. The number of amides is 1. The van der Waals surface area contributed by atoms with Crippen LogP contribution in [0.1, 0.15) is 36.2 Å². The molecule has 0 radical (unpaired) electrons. The maximum atomic E-state index is 16.0. The number of halogens is 3. The molecule has 0 saturated heterocycles. The van der Waals surface area contributed by atoms with Gasteiger partial charge in [-0.25, -0.2) is 14.1 Å². The van der Waals surface area contributed by atoms with Crippen LogP contribution in [0, 0.1) is 5.82 Å². The third-order valence-electron chi connectivity index (χ3n) is 6.31. The number of hydrogen-bond donors (Lipinski definition) is 3. The van der Waals surface area contributed by atoms with Crippen LogP contribution >= 0.6 is 0 Å². The minimum absolute atomic E-state index is 0.0132. The summed E-state index contributed by atoms with van der Waals surface area (Å²) in [6, 6.07) is 12.3. The average molecular weight is 497 g/mol. The van der Waals surface area contributed by atoms with Crippen molar-refractivity contribution in [3.63, 3.8) is 0 Å². The van der Waals surface area contributed by atoms with E-state index < -0.39 is 23.9 Å². The predicted octanol–water partition coefficient (Wildman–Crippen LogP) is 4.27. The van der Waals surface area contributed by atoms with Crippen LogP contribution < -0.4 is 16.2 Å². The Bertz CT molecular complexity index is 1480. The van der Waals surface area contributed by atoms with Gasteiger partial charge < -0.3 is 21.3 Å². The normalized spacial score (nSPS) is 19.4. The Labute approximate surface area is 203 Å². The van der Waals surface area contributed by atoms with Crippen LogP contribution in [-0.4, -0.2) is 38.0 Å². The number of alkyl halides is 2. The fourth-order valence-corrected chi connectivity index (χ4v) is 4.65. The summed E-state index contributed by atoms with van der Waals surface area (Å²) >= 11 is 0. The lowest BCUT2D eigenvalue weighted by atomic mass is 9.77. The zero-order valence-electron chi connectivity index (χ0n) is 19.1. The molecule has 1 aliphatic rings. The van der Waals surface area contributed by atoms with Crippen molar-refractivity contribution in [2.75, 3.05) is 5.73 Å². The fraction of sp³-hybridized carbons (Fsp3) is 0.240. The molecule has 0 atom stereocenters. The van der Waals surface area contributed by atoms with E-state index in [4.69, 9.17) is 11.5 Å². The number of benzene rings is 2. The van der Waals surface area contributed by atoms with E-state index in [0.717, 1.165) is 0 Å². The van der Waals surface area contributed by atoms with Gasteiger partial charge in [-0.2, -0.15) is 13.9 Å². The number of primary amides is 1. The van der Waals surface area contributed by atoms with Crippen LogP contribution in [-0.2, 0) is 0 Å². The summed E-state index contributed by atoms with van der Waals surface area (Å²) in [7, 11) is 0. The Morgan fingerprint density at radius 1 is 1.22 bits per heavy atom. The molecule has 0 aliphatic heterocycles. The van der Waals surface area contributed by atoms with E-state index in [1.165, 1.54) is 22.9 Å². The van der Waals surface area contributed by atoms with Gasteiger partial charge in [0, 0.05) is 22.6 Å². The summed E-state index contributed by atoms with van der Waals surface area (Å²) in [6.07, 6.45) is 0.681. The second-order valence-electron chi connectivity index (χ2n) is 9.05. The van der Waals surface area contributed by atoms with E-state index in [1.54, 1.807) is 37.3 Å². The molecule has 5 N–H and O–H groups in total. The van der Waals surface area contributed by atoms with Crippen molar-refractivity contribution in [1.29, 1.82) is 0 Å². The van der Waals surface area contributed by atoms with Crippen LogP contribution in [0.5, 0.6) is 5.75 Å². The van der Waals surface area contributed by atoms with Gasteiger partial charge in [0.05, 0.1) is 17.3 Å². The van der Waals surface area contributed by atoms with Gasteiger partial charge in [-0.15, -0.1) is 0 Å². The number of hydrogen-bond acceptors (Lipinski definition) is 6. The van der Waals surface area contributed by atoms with Crippen LogP contribution in [0.25, 0.3) is 33.4 Å². The number of nitrogens with zero attached hydrogens (tertiary/aromatic N) is 3. The average Bonchev–Trinajstić information content (AvgIpc) is 3.14. The van der Waals surface area contributed by atoms with Crippen molar-refractivity contribution in [3.8, 4) is 28.3 Å². The minimum atomic E-state index is -3.14. The summed E-state index contributed by atoms with van der Waals surface area (Å²) in [5, 5.41) is 14.5. The summed E-state index contributed by atoms with van der Waals surface area (Å²) < 4.78 is 48.3. The van der Waals surface area contributed by atoms with E-state index in [-0.39, 0.29) is 51.0 Å². The number of carbonyl (C=O) groups is 1. The monoisotopic (exact) mass is 497 g/mol. The molecule has 11 heteroatoms. The summed E-state index contributed by atoms with van der Waals surface area (Å²) in [4.78, 5) is 16.6. The van der Waals surface area contributed by atoms with Crippen molar-refractivity contribution >= 4 is 22.6 Å². The first-order chi connectivity index (χ1) is 17.1. The number of aliphatic hydroxyl groups is 1. The number of pyridine rings is 1. The number of carbonyl (C=O) groups excluding carboxylic acids is 1. The number of aromatic nitrogens is 3. The van der Waals surface area contributed by atoms with E-state index in [0.29, 0.717) is 18.4 Å². The molecule has 4 aromatic rings. The molecular weight excluding hydrogens is 475 g/mol. The van der Waals surface area contributed by atoms with E-state index in [9.17, 15) is 18.7 Å². The van der Waals surface area contributed by atoms with Crippen molar-refractivity contribution in [3.05, 3.63) is 59.9 Å². The first-order valence-electron chi connectivity index (χ1n) is 11.1. The first kappa shape index (κ1) is 23.6. The quantitative estimate of drug-likeness (QED) is 0.365. The zero-order valence-corrected chi connectivity index (χ0v) is 19.1. The summed E-state index contributed by atoms with van der Waals surface area (Å²) in [5.74, 6) is -2.12. The molecule has 2 aromatic heterocycles. The Hall–Kier alpha value is -4.12. The topological polar surface area (TPSA) is 129 Å². The number of nitrogen functional groups attached to an aromatic ring is 1. The minimum Gasteiger partial charge on any atom is -0.434 e. The SMILES string of the molecule is C[C@]1(O)C[C@@H](n2nc(-c3ccc4c(OC(F)F)cc(-c5ccccc5)nc4c3F)c(C(N)=O)c2N)C1. The molecule has 0 bridgehead atoms. The summed E-state index contributed by atoms with van der Waals surface area (Å²) in [5.41, 5.74) is 10.9. The van der Waals surface area contributed by atoms with Crippen LogP contribution in [0.4, 0.5) is 19.0 Å². The lowest BCUT2D eigenvalue weighted by molar-refractivity contribution is -0.0536. The smallest absolute Gasteiger partial charge is 0.387 e. The molecule has 0 spiro atoms. The highest BCUT2D eigenvalue weighted by Crippen LogP contribution is 2.44. The third kappa shape index (κ3) is 4.01. The van der Waals surface area contributed by atoms with Crippen molar-refractivity contribution < 1.29 is 27.8 Å². The Morgan fingerprint density at radius 3 is 2.53 bits per heavy atom. The maximum absolute atomic E-state index is 16.0. The molecule has 36 heavy (non-hydrogen) atoms. The van der Waals surface area contributed by atoms with Gasteiger partial charge in [-0.3, -0.25) is 4.79 Å². The standard InChI is InChI=1S/C25H22F3N5O3/c1-25(35)10-13(11-25)33-22(29)18(23(30)34)20(32-33)15-8-7-14-17(36-24(27)28)9-16(31-21(14)19(15)26)12-5-3-2-4-6-12/h2-9,13,24,35H,10-11,29H2,1H3,(H2,30,34)/t13-,25+. The first-order valence-corrected chi connectivity index (χ1v) is 11.1. The molecule has 1 amide bonds. The molecule has 1 saturated carbocycles. The van der Waals surface area contributed by atoms with Gasteiger partial charge in [0.25, 0.3) is 5.91 Å². The van der Waals surface area contributed by atoms with Gasteiger partial charge in [0.2, 0.25) is 0 Å². The van der Waals surface area contributed by atoms with Crippen molar-refractivity contribution in [2.45, 2.75) is 38.0 Å². The van der Waals surface area contributed by atoms with E-state index >= 15 is 4.39 Å². The number of fused-ring (bicyclic) bond motifs is 1. The maximum Gasteiger partial charge on any atom is 0.387 e. The highest BCUT2D eigenvalue weighted by Gasteiger charge is 2.42. The van der Waals surface area contributed by atoms with Gasteiger partial charge in [0.1, 0.15) is 28.3 Å². The molecule has 8 nitrogen and oxygen atoms in total. The van der Waals surface area contributed by atoms with Gasteiger partial charge >= 0.3 is 6.61 Å². The Morgan fingerprint density at radius 2 is 1.92 bits per heavy atom. The molecule has 2 heterocycles. The Balaban J connectivity index is 1.71. The predicted molar refractivity (Wildman–Crippen MR) is 127 cm³/mol. The lowest BCUT2D eigenvalue weighted by Crippen LogP contribution is -2.42. The van der Waals surface area contributed by atoms with Gasteiger partial charge in [0.15, 0.2) is 5.82 Å². The number of ether oxygens (including phenoxy) is 1. The largest absolute Gasteiger partial charge is 0.434 e. The molecular formula is C25H22F3N5O3. The summed E-state index contributed by atoms with van der Waals surface area (Å²) in [6.45, 7) is -1.48. The second-order valence-corrected chi connectivity index (χ2v) is 9.05. The van der Waals surface area contributed by atoms with Crippen LogP contribution in [0.15, 0.2) is 48.5 Å². The highest BCUT2D eigenvalue weighted by molar-refractivity contribution is 6.04. The van der Waals surface area contributed by atoms with Gasteiger partial charge in [-0.05, 0) is 31.9 Å². The van der Waals surface area contributed by atoms with Gasteiger partial charge in [-0.1, -0.05) is 30.3 Å². The van der Waals surface area contributed by atoms with Crippen LogP contribution in [0.2, 0.25) is 0 Å². The van der Waals surface area contributed by atoms with Crippen molar-refractivity contribution in [2.24, 2.45) is 5.73 Å². The van der Waals surface area contributed by atoms with E-state index in [2.05, 4.69) is 14.8 Å². The number of nitrogens with two attached hydrogens (primary N) is 2. The molecule has 5 rings (SSSR count). The van der Waals surface area contributed by atoms with Crippen molar-refractivity contribution in [1.82, 2.24) is 14.8 Å². The molecule has 0 unspecified atom stereocenters. The molecule has 186 valence electrons. The molecule has 2 aromatic carbocycles. The lowest BCUT2D eigenvalue weighted by Gasteiger charge is -2.41. The highest BCUT2D eigenvalue weighted by atomic mass is 19.3.